The maximum atomic E-state index is 15.2. The number of aliphatic hydroxyl groups excluding tert-OH is 2. The van der Waals surface area contributed by atoms with Gasteiger partial charge in [0, 0.05) is 94.7 Å². The number of nitrogens with one attached hydrogen (secondary N) is 3. The number of rotatable bonds is 8. The highest BCUT2D eigenvalue weighted by atomic mass is 32.1. The lowest BCUT2D eigenvalue weighted by Crippen LogP contribution is -2.50. The minimum atomic E-state index is -1.29. The number of primary amides is 1. The molecule has 0 spiro atoms. The first-order valence-corrected chi connectivity index (χ1v) is 32.4. The quantitative estimate of drug-likeness (QED) is 0.0789. The zero-order valence-electron chi connectivity index (χ0n) is 45.8. The smallest absolute Gasteiger partial charge is 0.273 e. The number of nitrogens with zero attached hydrogens (tertiary/aromatic N) is 9. The summed E-state index contributed by atoms with van der Waals surface area (Å²) < 4.78 is 0. The summed E-state index contributed by atoms with van der Waals surface area (Å²) in [6.07, 6.45) is -2.97. The lowest BCUT2D eigenvalue weighted by Gasteiger charge is -2.29. The number of fused-ring (bicyclic) bond motifs is 16. The molecule has 440 valence electrons. The molecular formula is C58H53N13O9S6. The van der Waals surface area contributed by atoms with Crippen molar-refractivity contribution >= 4 is 103 Å². The fourth-order valence-electron chi connectivity index (χ4n) is 10.6. The molecule has 0 unspecified atom stereocenters. The van der Waals surface area contributed by atoms with Gasteiger partial charge in [-0.1, -0.05) is 49.4 Å². The molecule has 7 aromatic heterocycles. The van der Waals surface area contributed by atoms with Crippen molar-refractivity contribution in [1.82, 2.24) is 60.6 Å². The van der Waals surface area contributed by atoms with Crippen LogP contribution in [0.3, 0.4) is 0 Å². The van der Waals surface area contributed by atoms with Crippen molar-refractivity contribution in [2.24, 2.45) is 11.7 Å². The number of phenolic OH excluding ortho intramolecular Hbond substituents is 1. The van der Waals surface area contributed by atoms with E-state index in [0.717, 1.165) is 22.7 Å². The Balaban J connectivity index is 0.951. The van der Waals surface area contributed by atoms with E-state index in [9.17, 15) is 39.3 Å². The second-order valence-corrected chi connectivity index (χ2v) is 26.5. The zero-order valence-corrected chi connectivity index (χ0v) is 50.7. The Morgan fingerprint density at radius 3 is 2.12 bits per heavy atom. The summed E-state index contributed by atoms with van der Waals surface area (Å²) in [5.74, 6) is -4.79. The normalized spacial score (nSPS) is 20.7. The van der Waals surface area contributed by atoms with Crippen LogP contribution in [0.1, 0.15) is 117 Å². The number of phenols is 1. The Bertz CT molecular complexity index is 4040. The van der Waals surface area contributed by atoms with Crippen LogP contribution in [0.4, 0.5) is 0 Å². The van der Waals surface area contributed by atoms with Crippen LogP contribution in [0.25, 0.3) is 43.4 Å². The molecule has 0 aliphatic carbocycles. The fourth-order valence-corrected chi connectivity index (χ4v) is 16.0. The zero-order chi connectivity index (χ0) is 59.9. The van der Waals surface area contributed by atoms with E-state index in [4.69, 9.17) is 40.6 Å². The predicted molar refractivity (Wildman–Crippen MR) is 326 cm³/mol. The Labute approximate surface area is 515 Å². The van der Waals surface area contributed by atoms with Gasteiger partial charge in [0.2, 0.25) is 11.8 Å². The Hall–Kier alpha value is -7.93. The Morgan fingerprint density at radius 2 is 1.35 bits per heavy atom. The summed E-state index contributed by atoms with van der Waals surface area (Å²) in [6, 6.07) is 15.5. The van der Waals surface area contributed by atoms with Gasteiger partial charge in [-0.15, -0.1) is 68.0 Å². The van der Waals surface area contributed by atoms with Crippen LogP contribution in [0.2, 0.25) is 0 Å². The van der Waals surface area contributed by atoms with Gasteiger partial charge >= 0.3 is 0 Å². The minimum Gasteiger partial charge on any atom is -0.508 e. The molecule has 2 saturated heterocycles. The van der Waals surface area contributed by atoms with Gasteiger partial charge in [0.05, 0.1) is 41.4 Å². The first-order chi connectivity index (χ1) is 41.5. The first kappa shape index (κ1) is 58.5. The summed E-state index contributed by atoms with van der Waals surface area (Å²) in [5.41, 5.74) is 9.41. The fraction of sp³-hybridized carbons (Fsp3) is 0.293. The second kappa shape index (κ2) is 24.8. The molecule has 12 rings (SSSR count). The van der Waals surface area contributed by atoms with E-state index in [2.05, 4.69) is 16.0 Å². The molecule has 28 heteroatoms. The van der Waals surface area contributed by atoms with Crippen molar-refractivity contribution < 1.29 is 44.1 Å². The summed E-state index contributed by atoms with van der Waals surface area (Å²) >= 11 is 7.19. The third-order valence-electron chi connectivity index (χ3n) is 15.1. The van der Waals surface area contributed by atoms with Gasteiger partial charge < -0.3 is 46.8 Å². The predicted octanol–water partition coefficient (Wildman–Crippen LogP) is 7.22. The van der Waals surface area contributed by atoms with Gasteiger partial charge in [0.1, 0.15) is 76.7 Å². The Kier molecular flexibility index (Phi) is 16.9. The molecule has 3 aliphatic heterocycles. The molecule has 3 aliphatic rings. The number of benzene rings is 2. The molecule has 10 heterocycles. The van der Waals surface area contributed by atoms with Crippen LogP contribution in [0, 0.1) is 12.8 Å². The lowest BCUT2D eigenvalue weighted by molar-refractivity contribution is -0.134. The van der Waals surface area contributed by atoms with E-state index >= 15 is 4.79 Å². The molecule has 8 N–H and O–H groups in total. The molecule has 2 aromatic carbocycles. The number of aromatic nitrogens is 7. The number of hydrogen-bond acceptors (Lipinski definition) is 23. The van der Waals surface area contributed by atoms with Crippen molar-refractivity contribution in [1.29, 1.82) is 0 Å². The second-order valence-electron chi connectivity index (χ2n) is 20.9. The van der Waals surface area contributed by atoms with Crippen LogP contribution in [0.15, 0.2) is 93.6 Å². The maximum absolute atomic E-state index is 15.2. The number of nitrogens with two attached hydrogens (primary N) is 1. The van der Waals surface area contributed by atoms with E-state index in [1.54, 1.807) is 77.2 Å². The van der Waals surface area contributed by atoms with Gasteiger partial charge in [-0.05, 0) is 42.3 Å². The average molecular weight is 1270 g/mol. The molecule has 10 bridgehead atoms. The number of aliphatic hydroxyl groups is 2. The van der Waals surface area contributed by atoms with Crippen LogP contribution < -0.4 is 21.7 Å². The highest BCUT2D eigenvalue weighted by Gasteiger charge is 2.45. The summed E-state index contributed by atoms with van der Waals surface area (Å²) in [5, 5.41) is 53.6. The number of aromatic hydroxyl groups is 1. The van der Waals surface area contributed by atoms with E-state index in [-0.39, 0.29) is 64.6 Å². The number of aryl methyl sites for hydroxylation is 1. The third-order valence-corrected chi connectivity index (χ3v) is 20.7. The number of Topliss-reactive ketones (excluding diaryl/α,β-unsaturated/α-hetero) is 1. The van der Waals surface area contributed by atoms with Crippen molar-refractivity contribution in [3.05, 3.63) is 147 Å². The molecule has 7 atom stereocenters. The molecule has 9 aromatic rings. The maximum Gasteiger partial charge on any atom is 0.273 e. The van der Waals surface area contributed by atoms with Gasteiger partial charge in [0.25, 0.3) is 17.7 Å². The summed E-state index contributed by atoms with van der Waals surface area (Å²) in [7, 11) is 0. The summed E-state index contributed by atoms with van der Waals surface area (Å²) in [4.78, 5) is 123. The van der Waals surface area contributed by atoms with Gasteiger partial charge in [-0.2, -0.15) is 0 Å². The van der Waals surface area contributed by atoms with Crippen molar-refractivity contribution in [3.8, 4) is 49.1 Å². The number of thiazole rings is 6. The van der Waals surface area contributed by atoms with Crippen molar-refractivity contribution in [3.63, 3.8) is 0 Å². The van der Waals surface area contributed by atoms with E-state index in [1.165, 1.54) is 67.8 Å². The molecule has 0 saturated carbocycles. The van der Waals surface area contributed by atoms with Crippen LogP contribution in [-0.4, -0.2) is 140 Å². The number of piperazine rings is 1. The Morgan fingerprint density at radius 1 is 0.698 bits per heavy atom. The number of ketones is 1. The number of pyridine rings is 1. The van der Waals surface area contributed by atoms with E-state index in [1.807, 2.05) is 17.7 Å². The molecule has 5 amide bonds. The van der Waals surface area contributed by atoms with Gasteiger partial charge in [-0.3, -0.25) is 28.8 Å². The number of carbonyl (C=O) groups excluding carboxylic acids is 6. The standard InChI is InChI=1S/C58H53N13O9S6/c1-27-43(74)21-71-47(27)56-67-40(25-85-56)54-64-37(22-83-54)46-32(12-13-34(61-46)53-68-41(26-84-53)57(79)70-16-14-60-15-17-70)51-65-38(23-81-51)49(77)62-35(20-44(59)75)55-69-45(28(2)86-55)42(73)19-33(48(76)30-6-4-3-5-7-30)52-66-39(24-82-52)50(78)63-36(58(71)80)18-29-8-10-31(72)11-9-29/h3-13,22-27,33,35-36,43,47-48,60,72,74,76H,14-21H2,1-2H3,(H2,59,75)(H,62,77)(H,63,78)/t27-,33-,35-,36-,43-,47-,48+/m0/s1. The van der Waals surface area contributed by atoms with Gasteiger partial charge in [0.15, 0.2) is 5.78 Å². The van der Waals surface area contributed by atoms with Crippen LogP contribution >= 0.6 is 68.0 Å². The number of carbonyl (C=O) groups is 6. The lowest BCUT2D eigenvalue weighted by atomic mass is 9.90. The van der Waals surface area contributed by atoms with Crippen molar-refractivity contribution in [2.75, 3.05) is 32.7 Å². The largest absolute Gasteiger partial charge is 0.508 e. The molecule has 2 fully saturated rings. The van der Waals surface area contributed by atoms with Crippen LogP contribution in [-0.2, 0) is 16.0 Å². The molecule has 86 heavy (non-hydrogen) atoms. The average Bonchev–Trinajstić information content (AvgIpc) is 2.24. The van der Waals surface area contributed by atoms with Crippen LogP contribution in [0.5, 0.6) is 5.75 Å². The monoisotopic (exact) mass is 1270 g/mol. The number of amides is 5. The van der Waals surface area contributed by atoms with Crippen molar-refractivity contribution in [2.45, 2.75) is 69.4 Å². The highest BCUT2D eigenvalue weighted by Crippen LogP contribution is 2.43. The number of hydrogen-bond donors (Lipinski definition) is 7. The first-order valence-electron chi connectivity index (χ1n) is 27.2. The van der Waals surface area contributed by atoms with E-state index in [0.29, 0.717) is 96.2 Å². The highest BCUT2D eigenvalue weighted by molar-refractivity contribution is 7.15. The molecule has 0 radical (unpaired) electrons. The van der Waals surface area contributed by atoms with Gasteiger partial charge in [-0.25, -0.2) is 34.9 Å². The topological polar surface area (TPSA) is 322 Å². The SMILES string of the molecule is Cc1sc2nc1C(=O)C[C@@H]([C@H](O)c1ccccc1)c1nc(cs1)C(=O)N[C@@H](Cc1ccc(O)cc1)C(=O)N1C[C@H](O)[C@H](C)[C@H]1c1nc(cs1)-c1nc(cs1)-c1nc(-c3nc(C(=O)N4CCNCC4)cs3)ccc1-c1nc(cs1)C(=O)N[C@H]2CC(N)=O. The summed E-state index contributed by atoms with van der Waals surface area (Å²) in [6.45, 7) is 5.91. The molecular weight excluding hydrogens is 1220 g/mol. The third kappa shape index (κ3) is 12.1. The molecule has 22 nitrogen and oxygen atoms in total. The minimum absolute atomic E-state index is 0.00712. The van der Waals surface area contributed by atoms with E-state index < -0.39 is 71.6 Å².